The fourth-order valence-electron chi connectivity index (χ4n) is 3.91. The minimum atomic E-state index is -0.377. The Labute approximate surface area is 149 Å². The molecule has 0 radical (unpaired) electrons. The van der Waals surface area contributed by atoms with E-state index in [1.54, 1.807) is 12.1 Å². The maximum absolute atomic E-state index is 11.9. The molecule has 0 spiro atoms. The zero-order valence-electron chi connectivity index (χ0n) is 14.5. The smallest absolute Gasteiger partial charge is 0.338 e. The lowest BCUT2D eigenvalue weighted by Gasteiger charge is -2.34. The predicted molar refractivity (Wildman–Crippen MR) is 95.0 cm³/mol. The molecule has 0 unspecified atom stereocenters. The third-order valence-corrected chi connectivity index (χ3v) is 5.54. The Balaban J connectivity index is 1.64. The highest BCUT2D eigenvalue weighted by Crippen LogP contribution is 2.32. The Hall–Kier alpha value is -1.26. The quantitative estimate of drug-likeness (QED) is 0.761. The Kier molecular flexibility index (Phi) is 5.67. The number of nitrogens with zero attached hydrogens (tertiary/aromatic N) is 1. The zero-order chi connectivity index (χ0) is 17.1. The molecule has 1 saturated carbocycles. The Morgan fingerprint density at radius 2 is 1.83 bits per heavy atom. The van der Waals surface area contributed by atoms with Gasteiger partial charge in [-0.2, -0.15) is 0 Å². The normalized spacial score (nSPS) is 24.8. The van der Waals surface area contributed by atoms with Gasteiger partial charge in [-0.15, -0.1) is 0 Å². The van der Waals surface area contributed by atoms with Crippen molar-refractivity contribution in [2.24, 2.45) is 0 Å². The van der Waals surface area contributed by atoms with Crippen LogP contribution in [0.1, 0.15) is 54.4 Å². The number of rotatable bonds is 4. The van der Waals surface area contributed by atoms with Crippen LogP contribution in [0.5, 0.6) is 5.75 Å². The molecular weight excluding hydrogens is 326 g/mol. The molecule has 1 heterocycles. The third-order valence-electron chi connectivity index (χ3n) is 5.32. The van der Waals surface area contributed by atoms with Crippen LogP contribution in [0.2, 0.25) is 5.02 Å². The van der Waals surface area contributed by atoms with Gasteiger partial charge in [0.05, 0.1) is 18.8 Å². The van der Waals surface area contributed by atoms with Gasteiger partial charge in [0.2, 0.25) is 0 Å². The van der Waals surface area contributed by atoms with Crippen LogP contribution in [-0.4, -0.2) is 43.2 Å². The van der Waals surface area contributed by atoms with E-state index in [-0.39, 0.29) is 12.1 Å². The molecule has 1 aromatic rings. The molecule has 2 fully saturated rings. The number of carbonyl (C=O) groups is 1. The number of benzene rings is 1. The first kappa shape index (κ1) is 17.6. The topological polar surface area (TPSA) is 38.8 Å². The van der Waals surface area contributed by atoms with Crippen LogP contribution in [0.25, 0.3) is 0 Å². The maximum atomic E-state index is 11.9. The van der Waals surface area contributed by atoms with Gasteiger partial charge in [0.15, 0.2) is 0 Å². The van der Waals surface area contributed by atoms with E-state index in [4.69, 9.17) is 21.1 Å². The van der Waals surface area contributed by atoms with Crippen molar-refractivity contribution in [3.63, 3.8) is 0 Å². The second kappa shape index (κ2) is 7.75. The Morgan fingerprint density at radius 3 is 2.46 bits per heavy atom. The van der Waals surface area contributed by atoms with Gasteiger partial charge in [0.1, 0.15) is 5.75 Å². The number of halogens is 1. The average Bonchev–Trinajstić information content (AvgIpc) is 3.12. The average molecular weight is 352 g/mol. The van der Waals surface area contributed by atoms with Crippen molar-refractivity contribution in [2.45, 2.75) is 57.6 Å². The molecule has 0 bridgehead atoms. The molecule has 4 nitrogen and oxygen atoms in total. The maximum Gasteiger partial charge on any atom is 0.338 e. The van der Waals surface area contributed by atoms with Crippen LogP contribution >= 0.6 is 11.6 Å². The molecule has 1 aliphatic carbocycles. The van der Waals surface area contributed by atoms with E-state index in [1.165, 1.54) is 45.9 Å². The summed E-state index contributed by atoms with van der Waals surface area (Å²) in [4.78, 5) is 14.5. The van der Waals surface area contributed by atoms with Crippen LogP contribution in [0.15, 0.2) is 12.1 Å². The molecule has 1 aliphatic heterocycles. The first-order valence-electron chi connectivity index (χ1n) is 8.87. The van der Waals surface area contributed by atoms with E-state index in [1.807, 2.05) is 6.92 Å². The van der Waals surface area contributed by atoms with Crippen LogP contribution in [-0.2, 0) is 4.74 Å². The van der Waals surface area contributed by atoms with Crippen molar-refractivity contribution in [1.82, 2.24) is 4.90 Å². The molecule has 1 aromatic carbocycles. The van der Waals surface area contributed by atoms with Crippen molar-refractivity contribution in [3.8, 4) is 5.75 Å². The van der Waals surface area contributed by atoms with Crippen molar-refractivity contribution >= 4 is 17.6 Å². The van der Waals surface area contributed by atoms with E-state index >= 15 is 0 Å². The van der Waals surface area contributed by atoms with Crippen LogP contribution in [0.3, 0.4) is 0 Å². The van der Waals surface area contributed by atoms with Gasteiger partial charge in [-0.05, 0) is 70.7 Å². The fraction of sp³-hybridized carbons (Fsp3) is 0.632. The molecule has 0 amide bonds. The summed E-state index contributed by atoms with van der Waals surface area (Å²) in [5, 5.41) is 0.502. The molecule has 0 N–H and O–H groups in total. The Bertz CT molecular complexity index is 591. The van der Waals surface area contributed by atoms with Crippen molar-refractivity contribution in [3.05, 3.63) is 28.3 Å². The van der Waals surface area contributed by atoms with Crippen molar-refractivity contribution in [1.29, 1.82) is 0 Å². The van der Waals surface area contributed by atoms with Gasteiger partial charge in [-0.3, -0.25) is 0 Å². The highest BCUT2D eigenvalue weighted by molar-refractivity contribution is 6.31. The summed E-state index contributed by atoms with van der Waals surface area (Å²) in [6.07, 6.45) is 7.37. The molecular formula is C19H26ClNO3. The molecule has 24 heavy (non-hydrogen) atoms. The largest absolute Gasteiger partial charge is 0.490 e. The minimum absolute atomic E-state index is 0.200. The first-order valence-corrected chi connectivity index (χ1v) is 9.25. The standard InChI is InChI=1S/C19H26ClNO3/c1-13-17(19(22)23-2)11-14(20)12-18(13)24-16-7-5-15(6-8-16)21-9-3-4-10-21/h11-12,15-16H,3-10H2,1-2H3/t15-,16-. The van der Waals surface area contributed by atoms with Crippen LogP contribution in [0, 0.1) is 6.92 Å². The van der Waals surface area contributed by atoms with E-state index < -0.39 is 0 Å². The molecule has 0 atom stereocenters. The number of esters is 1. The van der Waals surface area contributed by atoms with Crippen molar-refractivity contribution in [2.75, 3.05) is 20.2 Å². The summed E-state index contributed by atoms with van der Waals surface area (Å²) in [5.41, 5.74) is 1.28. The molecule has 132 valence electrons. The number of carbonyl (C=O) groups excluding carboxylic acids is 1. The van der Waals surface area contributed by atoms with Crippen LogP contribution < -0.4 is 4.74 Å². The van der Waals surface area contributed by atoms with Gasteiger partial charge >= 0.3 is 5.97 Å². The van der Waals surface area contributed by atoms with Crippen LogP contribution in [0.4, 0.5) is 0 Å². The second-order valence-electron chi connectivity index (χ2n) is 6.86. The SMILES string of the molecule is COC(=O)c1cc(Cl)cc(O[C@H]2CC[C@H](N3CCCC3)CC2)c1C. The van der Waals surface area contributed by atoms with Gasteiger partial charge in [0, 0.05) is 16.6 Å². The highest BCUT2D eigenvalue weighted by atomic mass is 35.5. The highest BCUT2D eigenvalue weighted by Gasteiger charge is 2.28. The molecule has 5 heteroatoms. The molecule has 2 aliphatic rings. The number of ether oxygens (including phenoxy) is 2. The van der Waals surface area contributed by atoms with E-state index in [0.717, 1.165) is 24.4 Å². The fourth-order valence-corrected chi connectivity index (χ4v) is 4.12. The molecule has 1 saturated heterocycles. The molecule has 0 aromatic heterocycles. The Morgan fingerprint density at radius 1 is 1.17 bits per heavy atom. The summed E-state index contributed by atoms with van der Waals surface area (Å²) in [7, 11) is 1.38. The van der Waals surface area contributed by atoms with E-state index in [0.29, 0.717) is 16.3 Å². The summed E-state index contributed by atoms with van der Waals surface area (Å²) in [6.45, 7) is 4.39. The second-order valence-corrected chi connectivity index (χ2v) is 7.30. The lowest BCUT2D eigenvalue weighted by atomic mass is 9.92. The number of hydrogen-bond acceptors (Lipinski definition) is 4. The number of hydrogen-bond donors (Lipinski definition) is 0. The minimum Gasteiger partial charge on any atom is -0.490 e. The summed E-state index contributed by atoms with van der Waals surface area (Å²) >= 11 is 6.16. The van der Waals surface area contributed by atoms with E-state index in [2.05, 4.69) is 4.90 Å². The summed E-state index contributed by atoms with van der Waals surface area (Å²) in [6, 6.07) is 4.16. The van der Waals surface area contributed by atoms with Gasteiger partial charge in [-0.1, -0.05) is 11.6 Å². The lowest BCUT2D eigenvalue weighted by molar-refractivity contribution is 0.0598. The first-order chi connectivity index (χ1) is 11.6. The lowest BCUT2D eigenvalue weighted by Crippen LogP contribution is -2.38. The van der Waals surface area contributed by atoms with Crippen molar-refractivity contribution < 1.29 is 14.3 Å². The number of methoxy groups -OCH3 is 1. The third kappa shape index (κ3) is 3.86. The number of likely N-dealkylation sites (tertiary alicyclic amines) is 1. The monoisotopic (exact) mass is 351 g/mol. The van der Waals surface area contributed by atoms with E-state index in [9.17, 15) is 4.79 Å². The van der Waals surface area contributed by atoms with Gasteiger partial charge < -0.3 is 14.4 Å². The zero-order valence-corrected chi connectivity index (χ0v) is 15.3. The summed E-state index contributed by atoms with van der Waals surface area (Å²) in [5.74, 6) is 0.324. The predicted octanol–water partition coefficient (Wildman–Crippen LogP) is 4.22. The van der Waals surface area contributed by atoms with Gasteiger partial charge in [-0.25, -0.2) is 4.79 Å². The summed E-state index contributed by atoms with van der Waals surface area (Å²) < 4.78 is 11.0. The van der Waals surface area contributed by atoms with Gasteiger partial charge in [0.25, 0.3) is 0 Å². The molecule has 3 rings (SSSR count).